The molecule has 5 heteroatoms. The van der Waals surface area contributed by atoms with Crippen molar-refractivity contribution in [1.82, 2.24) is 0 Å². The highest BCUT2D eigenvalue weighted by atomic mass is 28.4. The summed E-state index contributed by atoms with van der Waals surface area (Å²) in [5.74, 6) is 0. The highest BCUT2D eigenvalue weighted by Crippen LogP contribution is 2.36. The van der Waals surface area contributed by atoms with E-state index in [2.05, 4.69) is 289 Å². The third kappa shape index (κ3) is 11.0. The zero-order valence-electron chi connectivity index (χ0n) is 48.4. The number of hydrogen-bond donors (Lipinski definition) is 0. The zero-order valence-corrected chi connectivity index (χ0v) is 52.4. The van der Waals surface area contributed by atoms with Crippen LogP contribution < -0.4 is 31.1 Å². The van der Waals surface area contributed by atoms with Gasteiger partial charge in [-0.1, -0.05) is 256 Å². The smallest absolute Gasteiger partial charge is 0.288 e. The summed E-state index contributed by atoms with van der Waals surface area (Å²) in [6, 6.07) is 70.5. The fourth-order valence-electron chi connectivity index (χ4n) is 11.4. The van der Waals surface area contributed by atoms with Gasteiger partial charge in [-0.25, -0.2) is 0 Å². The molecule has 0 aliphatic heterocycles. The highest BCUT2D eigenvalue weighted by Gasteiger charge is 2.42. The Labute approximate surface area is 461 Å². The molecule has 0 heterocycles. The van der Waals surface area contributed by atoms with Crippen molar-refractivity contribution in [1.29, 1.82) is 0 Å². The average Bonchev–Trinajstić information content (AvgIpc) is 3.49. The van der Waals surface area contributed by atoms with E-state index in [0.29, 0.717) is 6.61 Å². The van der Waals surface area contributed by atoms with E-state index in [0.717, 1.165) is 0 Å². The van der Waals surface area contributed by atoms with Gasteiger partial charge in [-0.15, -0.1) is 0 Å². The van der Waals surface area contributed by atoms with Crippen LogP contribution >= 0.6 is 0 Å². The van der Waals surface area contributed by atoms with Gasteiger partial charge in [0.1, 0.15) is 0 Å². The van der Waals surface area contributed by atoms with Crippen LogP contribution in [0.25, 0.3) is 66.8 Å². The van der Waals surface area contributed by atoms with Crippen molar-refractivity contribution in [2.45, 2.75) is 107 Å². The topological polar surface area (TPSA) is 9.23 Å². The molecular formula is C71H80OSi4. The summed E-state index contributed by atoms with van der Waals surface area (Å²) in [7, 11) is -7.22. The SMILES string of the molecule is CCO[Si](c1ccc(-c2cc(C)c(-c3ccc([Si](C)(C)C)cc3)cc2C)cc1)(c1ccc(-c2cc(C)c(-c3ccc([Si](C)(C)C)cc3)cc2C)cc1)c1ccc(-c2cc(C)c(-c3ccc([Si](C)(C)C)cc3)cc2C)cc1. The first-order valence-electron chi connectivity index (χ1n) is 27.6. The van der Waals surface area contributed by atoms with Crippen molar-refractivity contribution >= 4 is 63.7 Å². The lowest BCUT2D eigenvalue weighted by Gasteiger charge is -2.33. The Morgan fingerprint density at radius 3 is 0.553 bits per heavy atom. The van der Waals surface area contributed by atoms with Crippen molar-refractivity contribution in [3.8, 4) is 66.8 Å². The first-order chi connectivity index (χ1) is 36.0. The van der Waals surface area contributed by atoms with Crippen LogP contribution in [0.15, 0.2) is 182 Å². The molecule has 386 valence electrons. The maximum Gasteiger partial charge on any atom is 0.288 e. The van der Waals surface area contributed by atoms with Crippen LogP contribution in [0.5, 0.6) is 0 Å². The molecule has 0 saturated heterocycles. The Kier molecular flexibility index (Phi) is 15.3. The predicted molar refractivity (Wildman–Crippen MR) is 346 cm³/mol. The molecule has 0 aromatic heterocycles. The monoisotopic (exact) mass is 1060 g/mol. The van der Waals surface area contributed by atoms with Gasteiger partial charge in [0, 0.05) is 6.61 Å². The Morgan fingerprint density at radius 2 is 0.408 bits per heavy atom. The third-order valence-corrected chi connectivity index (χ3v) is 26.4. The molecular weight excluding hydrogens is 981 g/mol. The van der Waals surface area contributed by atoms with E-state index >= 15 is 0 Å². The molecule has 1 nitrogen and oxygen atoms in total. The maximum atomic E-state index is 7.38. The molecule has 0 radical (unpaired) electrons. The second kappa shape index (κ2) is 21.3. The van der Waals surface area contributed by atoms with Gasteiger partial charge in [0.25, 0.3) is 8.32 Å². The maximum absolute atomic E-state index is 7.38. The molecule has 0 amide bonds. The largest absolute Gasteiger partial charge is 0.405 e. The summed E-state index contributed by atoms with van der Waals surface area (Å²) in [5.41, 5.74) is 22.9. The minimum Gasteiger partial charge on any atom is -0.405 e. The lowest BCUT2D eigenvalue weighted by atomic mass is 9.92. The van der Waals surface area contributed by atoms with E-state index in [1.807, 2.05) is 0 Å². The van der Waals surface area contributed by atoms with Gasteiger partial charge in [0.05, 0.1) is 24.2 Å². The van der Waals surface area contributed by atoms with Crippen LogP contribution in [0.4, 0.5) is 0 Å². The van der Waals surface area contributed by atoms with E-state index in [-0.39, 0.29) is 0 Å². The molecule has 0 spiro atoms. The van der Waals surface area contributed by atoms with Crippen LogP contribution in [-0.4, -0.2) is 39.1 Å². The summed E-state index contributed by atoms with van der Waals surface area (Å²) < 4.78 is 7.38. The summed E-state index contributed by atoms with van der Waals surface area (Å²) >= 11 is 0. The number of hydrogen-bond acceptors (Lipinski definition) is 1. The molecule has 0 fully saturated rings. The van der Waals surface area contributed by atoms with E-state index in [9.17, 15) is 0 Å². The quantitative estimate of drug-likeness (QED) is 0.0779. The van der Waals surface area contributed by atoms with Gasteiger partial charge in [-0.3, -0.25) is 0 Å². The first kappa shape index (κ1) is 54.6. The molecule has 0 unspecified atom stereocenters. The van der Waals surface area contributed by atoms with E-state index in [1.165, 1.54) is 131 Å². The Bertz CT molecular complexity index is 3160. The standard InChI is InChI=1S/C71H80OSi4/c1-17-72-76(63-36-24-57(25-37-63)69-45-48(2)66(42-51(69)5)54-18-30-60(31-19-54)73(8,9)10,64-38-26-58(27-39-64)70-46-49(3)67(43-52(70)6)55-20-32-61(33-21-55)74(11,12)13)65-40-28-59(29-41-65)71-47-50(4)68(44-53(71)7)56-22-34-62(35-23-56)75(14,15)16/h18-47H,17H2,1-16H3. The van der Waals surface area contributed by atoms with Gasteiger partial charge in [-0.2, -0.15) is 0 Å². The number of benzene rings is 9. The Balaban J connectivity index is 1.10. The van der Waals surface area contributed by atoms with Gasteiger partial charge < -0.3 is 4.43 Å². The normalized spacial score (nSPS) is 12.3. The number of rotatable bonds is 14. The van der Waals surface area contributed by atoms with Crippen LogP contribution in [0.3, 0.4) is 0 Å². The van der Waals surface area contributed by atoms with Gasteiger partial charge >= 0.3 is 0 Å². The summed E-state index contributed by atoms with van der Waals surface area (Å²) in [4.78, 5) is 0. The lowest BCUT2D eigenvalue weighted by Crippen LogP contribution is -2.69. The Morgan fingerprint density at radius 1 is 0.250 bits per heavy atom. The van der Waals surface area contributed by atoms with Gasteiger partial charge in [0.2, 0.25) is 0 Å². The molecule has 9 aromatic rings. The lowest BCUT2D eigenvalue weighted by molar-refractivity contribution is 0.347. The number of aryl methyl sites for hydroxylation is 6. The van der Waals surface area contributed by atoms with E-state index in [4.69, 9.17) is 4.43 Å². The molecule has 0 atom stereocenters. The molecule has 76 heavy (non-hydrogen) atoms. The fourth-order valence-corrected chi connectivity index (χ4v) is 18.7. The van der Waals surface area contributed by atoms with Gasteiger partial charge in [0.15, 0.2) is 0 Å². The summed E-state index contributed by atoms with van der Waals surface area (Å²) in [5, 5.41) is 8.18. The molecule has 0 N–H and O–H groups in total. The minimum atomic E-state index is -3.07. The Hall–Kier alpha value is -6.19. The summed E-state index contributed by atoms with van der Waals surface area (Å²) in [6.45, 7) is 38.0. The van der Waals surface area contributed by atoms with Crippen LogP contribution in [0.2, 0.25) is 58.9 Å². The van der Waals surface area contributed by atoms with Crippen molar-refractivity contribution in [2.75, 3.05) is 6.61 Å². The fraction of sp³-hybridized carbons (Fsp3) is 0.239. The van der Waals surface area contributed by atoms with Crippen LogP contribution in [-0.2, 0) is 4.43 Å². The predicted octanol–water partition coefficient (Wildman–Crippen LogP) is 16.2. The molecule has 0 bridgehead atoms. The summed E-state index contributed by atoms with van der Waals surface area (Å²) in [6.07, 6.45) is 0. The second-order valence-corrected chi connectivity index (χ2v) is 43.4. The van der Waals surface area contributed by atoms with E-state index < -0.39 is 32.5 Å². The average molecular weight is 1060 g/mol. The highest BCUT2D eigenvalue weighted by molar-refractivity contribution is 7.07. The molecule has 0 aliphatic carbocycles. The zero-order chi connectivity index (χ0) is 54.5. The van der Waals surface area contributed by atoms with Crippen molar-refractivity contribution < 1.29 is 4.43 Å². The van der Waals surface area contributed by atoms with Gasteiger partial charge in [-0.05, 0) is 164 Å². The van der Waals surface area contributed by atoms with Crippen LogP contribution in [0, 0.1) is 41.5 Å². The first-order valence-corrected chi connectivity index (χ1v) is 40.0. The molecule has 0 saturated carbocycles. The van der Waals surface area contributed by atoms with Crippen molar-refractivity contribution in [2.24, 2.45) is 0 Å². The molecule has 9 rings (SSSR count). The van der Waals surface area contributed by atoms with Crippen molar-refractivity contribution in [3.63, 3.8) is 0 Å². The second-order valence-electron chi connectivity index (χ2n) is 24.8. The van der Waals surface area contributed by atoms with Crippen molar-refractivity contribution in [3.05, 3.63) is 215 Å². The minimum absolute atomic E-state index is 0.591. The van der Waals surface area contributed by atoms with Crippen LogP contribution in [0.1, 0.15) is 40.3 Å². The van der Waals surface area contributed by atoms with E-state index in [1.54, 1.807) is 0 Å². The molecule has 0 aliphatic rings. The molecule has 9 aromatic carbocycles. The third-order valence-electron chi connectivity index (χ3n) is 16.1.